The molecule has 1 aromatic heterocycles. The molecule has 0 spiro atoms. The first kappa shape index (κ1) is 12.6. The van der Waals surface area contributed by atoms with Crippen molar-refractivity contribution in [3.63, 3.8) is 0 Å². The van der Waals surface area contributed by atoms with Crippen LogP contribution in [0.5, 0.6) is 0 Å². The Hall–Kier alpha value is -0.830. The molecule has 0 bridgehead atoms. The molecule has 3 nitrogen and oxygen atoms in total. The molecule has 2 N–H and O–H groups in total. The molecule has 0 saturated heterocycles. The van der Waals surface area contributed by atoms with E-state index in [0.717, 1.165) is 25.3 Å². The van der Waals surface area contributed by atoms with Gasteiger partial charge in [-0.1, -0.05) is 26.2 Å². The molecule has 3 heteroatoms. The van der Waals surface area contributed by atoms with Crippen LogP contribution < -0.4 is 5.73 Å². The first-order valence-corrected chi connectivity index (χ1v) is 7.04. The minimum Gasteiger partial charge on any atom is -0.327 e. The highest BCUT2D eigenvalue weighted by Crippen LogP contribution is 2.30. The Bertz CT molecular complexity index is 352. The zero-order valence-corrected chi connectivity index (χ0v) is 11.2. The highest BCUT2D eigenvalue weighted by molar-refractivity contribution is 5.11. The summed E-state index contributed by atoms with van der Waals surface area (Å²) in [5, 5.41) is 4.57. The van der Waals surface area contributed by atoms with Gasteiger partial charge >= 0.3 is 0 Å². The van der Waals surface area contributed by atoms with Gasteiger partial charge in [0.15, 0.2) is 0 Å². The molecule has 1 fully saturated rings. The number of hydrogen-bond donors (Lipinski definition) is 1. The van der Waals surface area contributed by atoms with Gasteiger partial charge in [0.05, 0.1) is 5.69 Å². The first-order chi connectivity index (χ1) is 8.22. The molecule has 0 aliphatic heterocycles. The van der Waals surface area contributed by atoms with Crippen LogP contribution in [0.3, 0.4) is 0 Å². The predicted molar refractivity (Wildman–Crippen MR) is 70.9 cm³/mol. The smallest absolute Gasteiger partial charge is 0.0624 e. The average Bonchev–Trinajstić information content (AvgIpc) is 2.66. The van der Waals surface area contributed by atoms with Crippen LogP contribution in [0.1, 0.15) is 50.9 Å². The van der Waals surface area contributed by atoms with Crippen LogP contribution in [-0.4, -0.2) is 15.8 Å². The zero-order chi connectivity index (χ0) is 12.3. The molecule has 1 aliphatic rings. The molecule has 17 heavy (non-hydrogen) atoms. The minimum absolute atomic E-state index is 0.312. The summed E-state index contributed by atoms with van der Waals surface area (Å²) in [4.78, 5) is 0. The van der Waals surface area contributed by atoms with E-state index in [2.05, 4.69) is 29.7 Å². The van der Waals surface area contributed by atoms with E-state index in [9.17, 15) is 0 Å². The molecule has 96 valence electrons. The largest absolute Gasteiger partial charge is 0.327 e. The van der Waals surface area contributed by atoms with Crippen LogP contribution in [0.4, 0.5) is 0 Å². The highest BCUT2D eigenvalue weighted by Gasteiger charge is 2.21. The fourth-order valence-electron chi connectivity index (χ4n) is 2.63. The highest BCUT2D eigenvalue weighted by atomic mass is 15.3. The lowest BCUT2D eigenvalue weighted by molar-refractivity contribution is 0.274. The van der Waals surface area contributed by atoms with Gasteiger partial charge in [0, 0.05) is 24.7 Å². The first-order valence-electron chi connectivity index (χ1n) is 7.04. The fourth-order valence-corrected chi connectivity index (χ4v) is 2.63. The van der Waals surface area contributed by atoms with Crippen molar-refractivity contribution in [1.29, 1.82) is 0 Å². The standard InChI is InChI=1S/C14H25N3/c1-3-13-10-14(17(4-2)16-13)9-12(15)8-11-6-5-7-11/h10-12H,3-9,15H2,1-2H3. The third-order valence-electron chi connectivity index (χ3n) is 3.91. The van der Waals surface area contributed by atoms with Crippen molar-refractivity contribution in [2.75, 3.05) is 0 Å². The summed E-state index contributed by atoms with van der Waals surface area (Å²) in [7, 11) is 0. The van der Waals surface area contributed by atoms with Crippen LogP contribution in [0, 0.1) is 5.92 Å². The van der Waals surface area contributed by atoms with E-state index in [4.69, 9.17) is 5.73 Å². The van der Waals surface area contributed by atoms with Crippen LogP contribution in [0.2, 0.25) is 0 Å². The van der Waals surface area contributed by atoms with Crippen molar-refractivity contribution in [2.24, 2.45) is 11.7 Å². The van der Waals surface area contributed by atoms with Crippen molar-refractivity contribution in [1.82, 2.24) is 9.78 Å². The maximum atomic E-state index is 6.25. The van der Waals surface area contributed by atoms with Crippen molar-refractivity contribution in [3.8, 4) is 0 Å². The summed E-state index contributed by atoms with van der Waals surface area (Å²) >= 11 is 0. The van der Waals surface area contributed by atoms with Crippen LogP contribution in [-0.2, 0) is 19.4 Å². The monoisotopic (exact) mass is 235 g/mol. The SMILES string of the molecule is CCc1cc(CC(N)CC2CCC2)n(CC)n1. The Balaban J connectivity index is 1.93. The van der Waals surface area contributed by atoms with Gasteiger partial charge in [0.1, 0.15) is 0 Å². The van der Waals surface area contributed by atoms with Gasteiger partial charge in [-0.3, -0.25) is 4.68 Å². The molecule has 0 amide bonds. The molecular formula is C14H25N3. The van der Waals surface area contributed by atoms with Gasteiger partial charge < -0.3 is 5.73 Å². The second-order valence-corrected chi connectivity index (χ2v) is 5.29. The van der Waals surface area contributed by atoms with Gasteiger partial charge in [-0.25, -0.2) is 0 Å². The van der Waals surface area contributed by atoms with Gasteiger partial charge in [-0.15, -0.1) is 0 Å². The van der Waals surface area contributed by atoms with E-state index in [1.54, 1.807) is 0 Å². The summed E-state index contributed by atoms with van der Waals surface area (Å²) < 4.78 is 2.11. The molecule has 1 heterocycles. The topological polar surface area (TPSA) is 43.8 Å². The van der Waals surface area contributed by atoms with Gasteiger partial charge in [0.25, 0.3) is 0 Å². The molecule has 2 rings (SSSR count). The number of aryl methyl sites for hydroxylation is 2. The van der Waals surface area contributed by atoms with E-state index in [1.165, 1.54) is 37.1 Å². The van der Waals surface area contributed by atoms with Gasteiger partial charge in [-0.2, -0.15) is 5.10 Å². The summed E-state index contributed by atoms with van der Waals surface area (Å²) in [6.07, 6.45) is 7.37. The molecule has 1 aromatic rings. The van der Waals surface area contributed by atoms with E-state index < -0.39 is 0 Å². The Morgan fingerprint density at radius 2 is 2.24 bits per heavy atom. The Labute approximate surface area is 104 Å². The van der Waals surface area contributed by atoms with Gasteiger partial charge in [-0.05, 0) is 31.7 Å². The lowest BCUT2D eigenvalue weighted by Gasteiger charge is -2.28. The molecule has 0 radical (unpaired) electrons. The van der Waals surface area contributed by atoms with Crippen molar-refractivity contribution >= 4 is 0 Å². The quantitative estimate of drug-likeness (QED) is 0.823. The van der Waals surface area contributed by atoms with E-state index in [1.807, 2.05) is 0 Å². The van der Waals surface area contributed by atoms with Crippen LogP contribution in [0.15, 0.2) is 6.07 Å². The third kappa shape index (κ3) is 3.09. The van der Waals surface area contributed by atoms with E-state index in [0.29, 0.717) is 6.04 Å². The number of aromatic nitrogens is 2. The lowest BCUT2D eigenvalue weighted by atomic mass is 9.80. The second-order valence-electron chi connectivity index (χ2n) is 5.29. The number of hydrogen-bond acceptors (Lipinski definition) is 2. The Morgan fingerprint density at radius 1 is 1.47 bits per heavy atom. The van der Waals surface area contributed by atoms with Crippen LogP contribution in [0.25, 0.3) is 0 Å². The molecule has 0 aromatic carbocycles. The minimum atomic E-state index is 0.312. The molecular weight excluding hydrogens is 210 g/mol. The Morgan fingerprint density at radius 3 is 2.76 bits per heavy atom. The maximum Gasteiger partial charge on any atom is 0.0624 e. The Kier molecular flexibility index (Phi) is 4.21. The molecule has 1 atom stereocenters. The van der Waals surface area contributed by atoms with Crippen LogP contribution >= 0.6 is 0 Å². The number of nitrogens with two attached hydrogens (primary N) is 1. The normalized spacial score (nSPS) is 18.1. The lowest BCUT2D eigenvalue weighted by Crippen LogP contribution is -2.29. The molecule has 1 aliphatic carbocycles. The van der Waals surface area contributed by atoms with E-state index >= 15 is 0 Å². The number of nitrogens with zero attached hydrogens (tertiary/aromatic N) is 2. The number of rotatable bonds is 6. The molecule has 1 unspecified atom stereocenters. The average molecular weight is 235 g/mol. The fraction of sp³-hybridized carbons (Fsp3) is 0.786. The van der Waals surface area contributed by atoms with Crippen molar-refractivity contribution in [3.05, 3.63) is 17.5 Å². The second kappa shape index (κ2) is 5.67. The van der Waals surface area contributed by atoms with Gasteiger partial charge in [0.2, 0.25) is 0 Å². The summed E-state index contributed by atoms with van der Waals surface area (Å²) in [5.41, 5.74) is 8.76. The summed E-state index contributed by atoms with van der Waals surface area (Å²) in [5.74, 6) is 0.897. The van der Waals surface area contributed by atoms with Crippen molar-refractivity contribution in [2.45, 2.75) is 65.0 Å². The zero-order valence-electron chi connectivity index (χ0n) is 11.2. The predicted octanol–water partition coefficient (Wildman–Crippen LogP) is 2.53. The summed E-state index contributed by atoms with van der Waals surface area (Å²) in [6.45, 7) is 5.25. The summed E-state index contributed by atoms with van der Waals surface area (Å²) in [6, 6.07) is 2.54. The van der Waals surface area contributed by atoms with Crippen molar-refractivity contribution < 1.29 is 0 Å². The molecule has 1 saturated carbocycles. The maximum absolute atomic E-state index is 6.25. The third-order valence-corrected chi connectivity index (χ3v) is 3.91. The van der Waals surface area contributed by atoms with E-state index in [-0.39, 0.29) is 0 Å².